The van der Waals surface area contributed by atoms with Gasteiger partial charge in [-0.05, 0) is 73.2 Å². The van der Waals surface area contributed by atoms with Crippen molar-refractivity contribution in [3.8, 4) is 11.5 Å². The number of phenols is 2. The highest BCUT2D eigenvalue weighted by atomic mass is 16.3. The maximum Gasteiger partial charge on any atom is 0.120 e. The van der Waals surface area contributed by atoms with E-state index in [9.17, 15) is 20.4 Å². The molecule has 0 bridgehead atoms. The number of aromatic hydroxyl groups is 2. The number of allylic oxidation sites excluding steroid dienone is 2. The minimum Gasteiger partial charge on any atom is -0.508 e. The van der Waals surface area contributed by atoms with E-state index in [0.717, 1.165) is 29.5 Å². The van der Waals surface area contributed by atoms with Crippen molar-refractivity contribution in [2.24, 2.45) is 0 Å². The van der Waals surface area contributed by atoms with Gasteiger partial charge in [-0.2, -0.15) is 0 Å². The first-order valence-electron chi connectivity index (χ1n) is 10.7. The molecule has 0 spiro atoms. The Balaban J connectivity index is 2.44. The fraction of sp³-hybridized carbons (Fsp3) is 0.440. The van der Waals surface area contributed by atoms with Crippen LogP contribution < -0.4 is 0 Å². The van der Waals surface area contributed by atoms with Crippen molar-refractivity contribution in [1.82, 2.24) is 4.90 Å². The fourth-order valence-electron chi connectivity index (χ4n) is 3.94. The van der Waals surface area contributed by atoms with Crippen molar-refractivity contribution in [3.05, 3.63) is 59.2 Å². The van der Waals surface area contributed by atoms with Crippen LogP contribution in [0.5, 0.6) is 11.5 Å². The molecule has 2 unspecified atom stereocenters. The van der Waals surface area contributed by atoms with E-state index in [1.165, 1.54) is 11.1 Å². The molecule has 164 valence electrons. The number of aliphatic hydroxyl groups excluding tert-OH is 2. The molecule has 2 rings (SSSR count). The molecule has 2 aromatic rings. The normalized spacial score (nSPS) is 14.5. The van der Waals surface area contributed by atoms with Gasteiger partial charge in [0.1, 0.15) is 11.5 Å². The summed E-state index contributed by atoms with van der Waals surface area (Å²) < 4.78 is 0. The summed E-state index contributed by atoms with van der Waals surface area (Å²) in [5.74, 6) is 0.452. The fourth-order valence-corrected chi connectivity index (χ4v) is 3.94. The van der Waals surface area contributed by atoms with Crippen LogP contribution in [0.4, 0.5) is 0 Å². The number of rotatable bonds is 10. The Morgan fingerprint density at radius 2 is 1.30 bits per heavy atom. The van der Waals surface area contributed by atoms with E-state index in [1.807, 2.05) is 29.2 Å². The molecule has 2 atom stereocenters. The van der Waals surface area contributed by atoms with E-state index in [1.54, 1.807) is 32.0 Å². The second-order valence-corrected chi connectivity index (χ2v) is 7.95. The third-order valence-corrected chi connectivity index (χ3v) is 5.15. The van der Waals surface area contributed by atoms with Gasteiger partial charge >= 0.3 is 0 Å². The molecule has 0 fully saturated rings. The van der Waals surface area contributed by atoms with E-state index in [4.69, 9.17) is 0 Å². The average Bonchev–Trinajstić information content (AvgIpc) is 2.68. The number of hydrogen-bond acceptors (Lipinski definition) is 5. The Kier molecular flexibility index (Phi) is 8.90. The average molecular weight is 414 g/mol. The highest BCUT2D eigenvalue weighted by Crippen LogP contribution is 2.34. The lowest BCUT2D eigenvalue weighted by molar-refractivity contribution is 0.0789. The van der Waals surface area contributed by atoms with Crippen molar-refractivity contribution >= 4 is 11.1 Å². The number of hydrogen-bond donors (Lipinski definition) is 4. The van der Waals surface area contributed by atoms with Crippen LogP contribution in [0.25, 0.3) is 11.1 Å². The molecule has 0 aliphatic carbocycles. The van der Waals surface area contributed by atoms with Crippen LogP contribution in [-0.4, -0.2) is 50.6 Å². The van der Waals surface area contributed by atoms with Crippen LogP contribution in [-0.2, 0) is 6.54 Å². The molecule has 30 heavy (non-hydrogen) atoms. The molecule has 0 amide bonds. The third-order valence-electron chi connectivity index (χ3n) is 5.15. The lowest BCUT2D eigenvalue weighted by atomic mass is 9.90. The summed E-state index contributed by atoms with van der Waals surface area (Å²) in [6, 6.07) is 12.9. The minimum atomic E-state index is -0.527. The van der Waals surface area contributed by atoms with E-state index in [-0.39, 0.29) is 11.5 Å². The smallest absolute Gasteiger partial charge is 0.120 e. The Labute approximate surface area is 179 Å². The van der Waals surface area contributed by atoms with Crippen LogP contribution in [0.1, 0.15) is 57.2 Å². The second kappa shape index (κ2) is 11.2. The lowest BCUT2D eigenvalue weighted by Gasteiger charge is -2.26. The second-order valence-electron chi connectivity index (χ2n) is 7.95. The van der Waals surface area contributed by atoms with E-state index >= 15 is 0 Å². The maximum atomic E-state index is 10.5. The maximum absolute atomic E-state index is 10.5. The monoisotopic (exact) mass is 413 g/mol. The molecule has 0 aliphatic rings. The highest BCUT2D eigenvalue weighted by Gasteiger charge is 2.16. The first-order chi connectivity index (χ1) is 14.2. The number of nitrogens with zero attached hydrogens (tertiary/aromatic N) is 1. The predicted octanol–water partition coefficient (Wildman–Crippen LogP) is 4.39. The molecule has 0 aromatic heterocycles. The van der Waals surface area contributed by atoms with Gasteiger partial charge in [0, 0.05) is 25.2 Å². The van der Waals surface area contributed by atoms with Gasteiger partial charge in [0.25, 0.3) is 0 Å². The van der Waals surface area contributed by atoms with Crippen LogP contribution in [0.15, 0.2) is 42.5 Å². The number of phenolic OH excluding ortho intramolecular Hbond substituents is 2. The zero-order valence-electron chi connectivity index (χ0n) is 18.5. The van der Waals surface area contributed by atoms with Gasteiger partial charge in [-0.3, -0.25) is 4.90 Å². The Hall–Kier alpha value is -2.34. The Morgan fingerprint density at radius 3 is 1.80 bits per heavy atom. The summed E-state index contributed by atoms with van der Waals surface area (Å²) in [4.78, 5) is 1.95. The molecule has 0 heterocycles. The predicted molar refractivity (Wildman–Crippen MR) is 122 cm³/mol. The van der Waals surface area contributed by atoms with Crippen molar-refractivity contribution < 1.29 is 20.4 Å². The molecule has 0 saturated carbocycles. The van der Waals surface area contributed by atoms with Crippen molar-refractivity contribution in [2.75, 3.05) is 13.1 Å². The summed E-state index contributed by atoms with van der Waals surface area (Å²) in [7, 11) is 0. The van der Waals surface area contributed by atoms with Gasteiger partial charge in [-0.15, -0.1) is 0 Å². The quantitative estimate of drug-likeness (QED) is 0.434. The highest BCUT2D eigenvalue weighted by molar-refractivity contribution is 5.91. The molecular weight excluding hydrogens is 378 g/mol. The zero-order valence-corrected chi connectivity index (χ0v) is 18.5. The van der Waals surface area contributed by atoms with E-state index in [0.29, 0.717) is 19.6 Å². The van der Waals surface area contributed by atoms with Crippen molar-refractivity contribution in [1.29, 1.82) is 0 Å². The summed E-state index contributed by atoms with van der Waals surface area (Å²) in [5.41, 5.74) is 5.29. The number of benzene rings is 2. The molecular formula is C25H35NO4. The van der Waals surface area contributed by atoms with E-state index in [2.05, 4.69) is 13.8 Å². The zero-order chi connectivity index (χ0) is 22.3. The van der Waals surface area contributed by atoms with Gasteiger partial charge in [-0.25, -0.2) is 0 Å². The van der Waals surface area contributed by atoms with Gasteiger partial charge in [0.05, 0.1) is 12.2 Å². The largest absolute Gasteiger partial charge is 0.508 e. The third kappa shape index (κ3) is 6.59. The number of aliphatic hydroxyl groups is 2. The topological polar surface area (TPSA) is 84.2 Å². The standard InChI is InChI=1S/C25H35NO4/c1-5-23(19-7-10-22(29)11-8-19)24(6-2)20-9-12-25(30)21(13-20)16-26(14-17(3)27)15-18(4)28/h7-13,17-18,27-30H,5-6,14-16H2,1-4H3. The van der Waals surface area contributed by atoms with E-state index < -0.39 is 12.2 Å². The Morgan fingerprint density at radius 1 is 0.800 bits per heavy atom. The first-order valence-corrected chi connectivity index (χ1v) is 10.7. The SMILES string of the molecule is CCC(=C(CC)c1ccc(O)c(CN(CC(C)O)CC(C)O)c1)c1ccc(O)cc1. The molecule has 4 N–H and O–H groups in total. The molecule has 0 saturated heterocycles. The first kappa shape index (κ1) is 23.9. The molecule has 0 radical (unpaired) electrons. The van der Waals surface area contributed by atoms with Crippen molar-refractivity contribution in [2.45, 2.75) is 59.3 Å². The summed E-state index contributed by atoms with van der Waals surface area (Å²) in [6.07, 6.45) is 0.627. The van der Waals surface area contributed by atoms with Gasteiger partial charge in [-0.1, -0.05) is 32.0 Å². The van der Waals surface area contributed by atoms with Gasteiger partial charge in [0.15, 0.2) is 0 Å². The summed E-state index contributed by atoms with van der Waals surface area (Å²) in [5, 5.41) is 39.7. The van der Waals surface area contributed by atoms with Crippen LogP contribution >= 0.6 is 0 Å². The summed E-state index contributed by atoms with van der Waals surface area (Å²) >= 11 is 0. The lowest BCUT2D eigenvalue weighted by Crippen LogP contribution is -2.35. The molecule has 0 aliphatic heterocycles. The molecule has 2 aromatic carbocycles. The molecule has 5 nitrogen and oxygen atoms in total. The van der Waals surface area contributed by atoms with Gasteiger partial charge < -0.3 is 20.4 Å². The molecule has 5 heteroatoms. The van der Waals surface area contributed by atoms with Crippen molar-refractivity contribution in [3.63, 3.8) is 0 Å². The van der Waals surface area contributed by atoms with Crippen LogP contribution in [0.2, 0.25) is 0 Å². The van der Waals surface area contributed by atoms with Crippen LogP contribution in [0.3, 0.4) is 0 Å². The van der Waals surface area contributed by atoms with Gasteiger partial charge in [0.2, 0.25) is 0 Å². The summed E-state index contributed by atoms with van der Waals surface area (Å²) in [6.45, 7) is 8.94. The van der Waals surface area contributed by atoms with Crippen LogP contribution in [0, 0.1) is 0 Å². The Bertz CT molecular complexity index is 831. The minimum absolute atomic E-state index is 0.207.